The van der Waals surface area contributed by atoms with Gasteiger partial charge in [-0.1, -0.05) is 11.6 Å². The molecule has 3 rings (SSSR count). The second kappa shape index (κ2) is 4.61. The summed E-state index contributed by atoms with van der Waals surface area (Å²) in [5, 5.41) is 11.0. The van der Waals surface area contributed by atoms with Gasteiger partial charge < -0.3 is 5.11 Å². The van der Waals surface area contributed by atoms with Crippen molar-refractivity contribution in [3.63, 3.8) is 0 Å². The van der Waals surface area contributed by atoms with Crippen molar-refractivity contribution in [2.45, 2.75) is 25.4 Å². The monoisotopic (exact) mass is 283 g/mol. The Morgan fingerprint density at radius 3 is 3.00 bits per heavy atom. The Balaban J connectivity index is 2.07. The second-order valence-corrected chi connectivity index (χ2v) is 5.80. The second-order valence-electron chi connectivity index (χ2n) is 4.36. The Morgan fingerprint density at radius 2 is 2.28 bits per heavy atom. The molecule has 0 saturated heterocycles. The van der Waals surface area contributed by atoms with E-state index in [4.69, 9.17) is 11.6 Å². The first-order valence-electron chi connectivity index (χ1n) is 5.78. The predicted molar refractivity (Wildman–Crippen MR) is 70.4 cm³/mol. The molecule has 0 amide bonds. The summed E-state index contributed by atoms with van der Waals surface area (Å²) >= 11 is 7.48. The zero-order valence-corrected chi connectivity index (χ0v) is 11.1. The van der Waals surface area contributed by atoms with Crippen LogP contribution in [-0.2, 0) is 6.42 Å². The Labute approximate surface area is 113 Å². The topological polar surface area (TPSA) is 33.1 Å². The van der Waals surface area contributed by atoms with Crippen molar-refractivity contribution in [3.05, 3.63) is 39.6 Å². The van der Waals surface area contributed by atoms with Gasteiger partial charge in [-0.3, -0.25) is 0 Å². The minimum Gasteiger partial charge on any atom is -0.388 e. The Hall–Kier alpha value is -0.970. The molecule has 0 radical (unpaired) electrons. The van der Waals surface area contributed by atoms with Crippen molar-refractivity contribution >= 4 is 22.9 Å². The molecule has 1 aromatic heterocycles. The molecule has 1 unspecified atom stereocenters. The maximum absolute atomic E-state index is 13.0. The summed E-state index contributed by atoms with van der Waals surface area (Å²) in [6.45, 7) is 0. The molecule has 1 atom stereocenters. The van der Waals surface area contributed by atoms with Gasteiger partial charge in [0.05, 0.1) is 21.7 Å². The first-order valence-corrected chi connectivity index (χ1v) is 6.97. The van der Waals surface area contributed by atoms with E-state index in [0.717, 1.165) is 40.4 Å². The third kappa shape index (κ3) is 2.05. The van der Waals surface area contributed by atoms with E-state index < -0.39 is 6.10 Å². The number of halogens is 2. The van der Waals surface area contributed by atoms with Crippen LogP contribution in [0.1, 0.15) is 29.5 Å². The van der Waals surface area contributed by atoms with Gasteiger partial charge in [0.25, 0.3) is 0 Å². The van der Waals surface area contributed by atoms with Gasteiger partial charge in [0.15, 0.2) is 0 Å². The van der Waals surface area contributed by atoms with E-state index in [2.05, 4.69) is 4.98 Å². The lowest BCUT2D eigenvalue weighted by Crippen LogP contribution is -2.06. The van der Waals surface area contributed by atoms with Gasteiger partial charge in [-0.25, -0.2) is 9.37 Å². The fourth-order valence-corrected chi connectivity index (χ4v) is 3.66. The molecule has 0 bridgehead atoms. The molecule has 1 heterocycles. The molecule has 0 spiro atoms. The normalized spacial score (nSPS) is 18.7. The maximum atomic E-state index is 13.0. The maximum Gasteiger partial charge on any atom is 0.125 e. The van der Waals surface area contributed by atoms with Crippen LogP contribution in [-0.4, -0.2) is 10.1 Å². The van der Waals surface area contributed by atoms with Gasteiger partial charge in [0.1, 0.15) is 10.8 Å². The summed E-state index contributed by atoms with van der Waals surface area (Å²) in [6, 6.07) is 4.29. The van der Waals surface area contributed by atoms with Crippen molar-refractivity contribution in [2.75, 3.05) is 0 Å². The molecule has 1 aromatic carbocycles. The van der Waals surface area contributed by atoms with Gasteiger partial charge >= 0.3 is 0 Å². The number of hydrogen-bond donors (Lipinski definition) is 1. The Bertz CT molecular complexity index is 599. The average Bonchev–Trinajstić information content (AvgIpc) is 2.74. The molecule has 2 aromatic rings. The standard InChI is InChI=1S/C13H11ClFNOS/c14-9-6-7(15)4-5-8(9)13-16-10-2-1-3-11(17)12(10)18-13/h4-6,11,17H,1-3H2. The molecule has 5 heteroatoms. The summed E-state index contributed by atoms with van der Waals surface area (Å²) in [5.41, 5.74) is 1.68. The molecule has 0 fully saturated rings. The number of aliphatic hydroxyl groups is 1. The highest BCUT2D eigenvalue weighted by Crippen LogP contribution is 2.39. The van der Waals surface area contributed by atoms with E-state index in [9.17, 15) is 9.50 Å². The number of aryl methyl sites for hydroxylation is 1. The third-order valence-corrected chi connectivity index (χ3v) is 4.63. The first-order chi connectivity index (χ1) is 8.65. The molecular formula is C13H11ClFNOS. The van der Waals surface area contributed by atoms with E-state index in [1.807, 2.05) is 0 Å². The smallest absolute Gasteiger partial charge is 0.125 e. The fourth-order valence-electron chi connectivity index (χ4n) is 2.18. The lowest BCUT2D eigenvalue weighted by Gasteiger charge is -2.14. The lowest BCUT2D eigenvalue weighted by molar-refractivity contribution is 0.160. The van der Waals surface area contributed by atoms with Crippen LogP contribution in [0.15, 0.2) is 18.2 Å². The number of thiazole rings is 1. The summed E-state index contributed by atoms with van der Waals surface area (Å²) in [7, 11) is 0. The van der Waals surface area contributed by atoms with Crippen molar-refractivity contribution in [1.82, 2.24) is 4.98 Å². The number of nitrogens with zero attached hydrogens (tertiary/aromatic N) is 1. The van der Waals surface area contributed by atoms with Crippen LogP contribution in [0.25, 0.3) is 10.6 Å². The predicted octanol–water partition coefficient (Wildman–Crippen LogP) is 3.97. The number of aromatic nitrogens is 1. The molecule has 18 heavy (non-hydrogen) atoms. The molecular weight excluding hydrogens is 273 g/mol. The minimum absolute atomic E-state index is 0.356. The summed E-state index contributed by atoms with van der Waals surface area (Å²) < 4.78 is 13.0. The van der Waals surface area contributed by atoms with Gasteiger partial charge in [-0.15, -0.1) is 11.3 Å². The molecule has 1 N–H and O–H groups in total. The van der Waals surface area contributed by atoms with Crippen molar-refractivity contribution in [3.8, 4) is 10.6 Å². The van der Waals surface area contributed by atoms with Crippen LogP contribution in [0.2, 0.25) is 5.02 Å². The average molecular weight is 284 g/mol. The van der Waals surface area contributed by atoms with E-state index in [-0.39, 0.29) is 5.82 Å². The van der Waals surface area contributed by atoms with Crippen molar-refractivity contribution in [2.24, 2.45) is 0 Å². The Kier molecular flexibility index (Phi) is 3.09. The number of rotatable bonds is 1. The van der Waals surface area contributed by atoms with Crippen LogP contribution >= 0.6 is 22.9 Å². The fraction of sp³-hybridized carbons (Fsp3) is 0.308. The molecule has 0 saturated carbocycles. The van der Waals surface area contributed by atoms with E-state index in [1.165, 1.54) is 23.5 Å². The van der Waals surface area contributed by atoms with Gasteiger partial charge in [0, 0.05) is 5.56 Å². The highest BCUT2D eigenvalue weighted by Gasteiger charge is 2.23. The third-order valence-electron chi connectivity index (χ3n) is 3.08. The first kappa shape index (κ1) is 12.1. The lowest BCUT2D eigenvalue weighted by atomic mass is 10.0. The zero-order chi connectivity index (χ0) is 12.7. The van der Waals surface area contributed by atoms with Gasteiger partial charge in [0.2, 0.25) is 0 Å². The van der Waals surface area contributed by atoms with Crippen LogP contribution in [0.4, 0.5) is 4.39 Å². The molecule has 1 aliphatic carbocycles. The SMILES string of the molecule is OC1CCCc2nc(-c3ccc(F)cc3Cl)sc21. The van der Waals surface area contributed by atoms with E-state index >= 15 is 0 Å². The van der Waals surface area contributed by atoms with Gasteiger partial charge in [-0.2, -0.15) is 0 Å². The quantitative estimate of drug-likeness (QED) is 0.859. The van der Waals surface area contributed by atoms with Crippen LogP contribution < -0.4 is 0 Å². The van der Waals surface area contributed by atoms with Crippen LogP contribution in [0.5, 0.6) is 0 Å². The van der Waals surface area contributed by atoms with Crippen LogP contribution in [0.3, 0.4) is 0 Å². The summed E-state index contributed by atoms with van der Waals surface area (Å²) in [6.07, 6.45) is 2.21. The highest BCUT2D eigenvalue weighted by atomic mass is 35.5. The largest absolute Gasteiger partial charge is 0.388 e. The molecule has 1 aliphatic rings. The minimum atomic E-state index is -0.417. The van der Waals surface area contributed by atoms with Gasteiger partial charge in [-0.05, 0) is 37.5 Å². The number of fused-ring (bicyclic) bond motifs is 1. The zero-order valence-electron chi connectivity index (χ0n) is 9.49. The highest BCUT2D eigenvalue weighted by molar-refractivity contribution is 7.15. The van der Waals surface area contributed by atoms with E-state index in [0.29, 0.717) is 5.02 Å². The van der Waals surface area contributed by atoms with Crippen molar-refractivity contribution in [1.29, 1.82) is 0 Å². The number of benzene rings is 1. The number of hydrogen-bond acceptors (Lipinski definition) is 3. The molecule has 94 valence electrons. The molecule has 0 aliphatic heterocycles. The van der Waals surface area contributed by atoms with E-state index in [1.54, 1.807) is 6.07 Å². The van der Waals surface area contributed by atoms with Crippen LogP contribution in [0, 0.1) is 5.82 Å². The summed E-state index contributed by atoms with van der Waals surface area (Å²) in [4.78, 5) is 5.44. The number of aliphatic hydroxyl groups excluding tert-OH is 1. The molecule has 2 nitrogen and oxygen atoms in total. The van der Waals surface area contributed by atoms with Crippen molar-refractivity contribution < 1.29 is 9.50 Å². The summed E-state index contributed by atoms with van der Waals surface area (Å²) in [5.74, 6) is -0.356. The Morgan fingerprint density at radius 1 is 1.44 bits per heavy atom.